The van der Waals surface area contributed by atoms with Gasteiger partial charge in [-0.1, -0.05) is 36.4 Å². The molecule has 0 spiro atoms. The van der Waals surface area contributed by atoms with Gasteiger partial charge in [-0.15, -0.1) is 0 Å². The summed E-state index contributed by atoms with van der Waals surface area (Å²) in [5.74, 6) is -0.225. The second-order valence-corrected chi connectivity index (χ2v) is 9.46. The summed E-state index contributed by atoms with van der Waals surface area (Å²) in [6.45, 7) is 4.71. The van der Waals surface area contributed by atoms with Gasteiger partial charge in [-0.2, -0.15) is 0 Å². The number of carbonyl (C=O) groups is 3. The Morgan fingerprint density at radius 3 is 2.33 bits per heavy atom. The highest BCUT2D eigenvalue weighted by atomic mass is 16.7. The average Bonchev–Trinajstić information content (AvgIpc) is 2.93. The van der Waals surface area contributed by atoms with Gasteiger partial charge in [0.2, 0.25) is 0 Å². The van der Waals surface area contributed by atoms with Crippen molar-refractivity contribution < 1.29 is 33.9 Å². The Balaban J connectivity index is 1.57. The molecular formula is C30H32N2O8. The maximum Gasteiger partial charge on any atom is 0.513 e. The van der Waals surface area contributed by atoms with Gasteiger partial charge >= 0.3 is 12.1 Å². The number of hydrogen-bond acceptors (Lipinski definition) is 7. The minimum Gasteiger partial charge on any atom is -0.494 e. The van der Waals surface area contributed by atoms with Gasteiger partial charge in [0.1, 0.15) is 5.75 Å². The molecule has 0 unspecified atom stereocenters. The first-order chi connectivity index (χ1) is 19.1. The first-order valence-electron chi connectivity index (χ1n) is 12.9. The fraction of sp³-hybridized carbons (Fsp3) is 0.300. The van der Waals surface area contributed by atoms with Crippen molar-refractivity contribution in [2.75, 3.05) is 6.61 Å². The van der Waals surface area contributed by atoms with Crippen molar-refractivity contribution in [3.63, 3.8) is 0 Å². The van der Waals surface area contributed by atoms with Crippen LogP contribution in [-0.4, -0.2) is 45.6 Å². The van der Waals surface area contributed by atoms with Crippen molar-refractivity contribution in [3.05, 3.63) is 94.0 Å². The van der Waals surface area contributed by atoms with Crippen LogP contribution in [0.1, 0.15) is 55.5 Å². The van der Waals surface area contributed by atoms with Crippen LogP contribution >= 0.6 is 0 Å². The monoisotopic (exact) mass is 548 g/mol. The number of nitro benzene ring substituents is 1. The molecule has 0 aliphatic rings. The van der Waals surface area contributed by atoms with Crippen LogP contribution in [0.2, 0.25) is 0 Å². The molecule has 10 heteroatoms. The van der Waals surface area contributed by atoms with E-state index in [0.29, 0.717) is 49.3 Å². The SMILES string of the molecule is CC(C)N(Cc1cccc(OCCCCCC(=O)OC(=O)O)c1)C(=O)c1ccc(-c2cccc([N+](=O)[O-])c2)cc1. The van der Waals surface area contributed by atoms with E-state index in [1.165, 1.54) is 12.1 Å². The molecule has 3 rings (SSSR count). The smallest absolute Gasteiger partial charge is 0.494 e. The Morgan fingerprint density at radius 2 is 1.65 bits per heavy atom. The molecule has 40 heavy (non-hydrogen) atoms. The van der Waals surface area contributed by atoms with Crippen LogP contribution in [0.5, 0.6) is 5.75 Å². The Morgan fingerprint density at radius 1 is 0.925 bits per heavy atom. The number of carbonyl (C=O) groups excluding carboxylic acids is 2. The molecular weight excluding hydrogens is 516 g/mol. The molecule has 0 saturated heterocycles. The molecule has 1 N–H and O–H groups in total. The van der Waals surface area contributed by atoms with Crippen molar-refractivity contribution in [3.8, 4) is 16.9 Å². The second kappa shape index (κ2) is 14.4. The fourth-order valence-corrected chi connectivity index (χ4v) is 4.08. The lowest BCUT2D eigenvalue weighted by atomic mass is 10.0. The molecule has 3 aromatic carbocycles. The molecule has 1 amide bonds. The number of esters is 1. The summed E-state index contributed by atoms with van der Waals surface area (Å²) in [5, 5.41) is 19.5. The predicted molar refractivity (Wildman–Crippen MR) is 148 cm³/mol. The minimum absolute atomic E-state index is 0.00872. The quantitative estimate of drug-likeness (QED) is 0.0843. The summed E-state index contributed by atoms with van der Waals surface area (Å²) >= 11 is 0. The molecule has 0 heterocycles. The van der Waals surface area contributed by atoms with Gasteiger partial charge in [-0.3, -0.25) is 19.7 Å². The third-order valence-electron chi connectivity index (χ3n) is 6.15. The van der Waals surface area contributed by atoms with Crippen LogP contribution in [0.15, 0.2) is 72.8 Å². The van der Waals surface area contributed by atoms with Gasteiger partial charge in [0.05, 0.1) is 11.5 Å². The van der Waals surface area contributed by atoms with Crippen LogP contribution in [0.25, 0.3) is 11.1 Å². The van der Waals surface area contributed by atoms with Crippen LogP contribution in [-0.2, 0) is 16.1 Å². The number of nitrogens with zero attached hydrogens (tertiary/aromatic N) is 2. The Labute approximate surface area is 232 Å². The van der Waals surface area contributed by atoms with E-state index < -0.39 is 17.0 Å². The van der Waals surface area contributed by atoms with E-state index in [1.54, 1.807) is 41.3 Å². The van der Waals surface area contributed by atoms with Crippen molar-refractivity contribution in [2.24, 2.45) is 0 Å². The van der Waals surface area contributed by atoms with Crippen molar-refractivity contribution >= 4 is 23.7 Å². The molecule has 10 nitrogen and oxygen atoms in total. The third kappa shape index (κ3) is 8.93. The lowest BCUT2D eigenvalue weighted by molar-refractivity contribution is -0.384. The Kier molecular flexibility index (Phi) is 10.8. The normalized spacial score (nSPS) is 10.7. The number of amides is 1. The average molecular weight is 549 g/mol. The molecule has 0 aliphatic carbocycles. The zero-order valence-corrected chi connectivity index (χ0v) is 22.4. The molecule has 210 valence electrons. The standard InChI is InChI=1S/C30H32N2O8/c1-21(2)31(29(34)24-15-13-23(14-16-24)25-9-7-10-26(19-25)32(37)38)20-22-8-6-11-27(18-22)39-17-5-3-4-12-28(33)40-30(35)36/h6-11,13-16,18-19,21H,3-5,12,17,20H2,1-2H3,(H,35,36). The van der Waals surface area contributed by atoms with Gasteiger partial charge in [-0.05, 0) is 74.1 Å². The molecule has 0 atom stereocenters. The number of benzene rings is 3. The van der Waals surface area contributed by atoms with E-state index in [2.05, 4.69) is 4.74 Å². The summed E-state index contributed by atoms with van der Waals surface area (Å²) in [4.78, 5) is 47.4. The summed E-state index contributed by atoms with van der Waals surface area (Å²) in [5.41, 5.74) is 2.91. The molecule has 0 radical (unpaired) electrons. The predicted octanol–water partition coefficient (Wildman–Crippen LogP) is 6.47. The van der Waals surface area contributed by atoms with E-state index in [4.69, 9.17) is 9.84 Å². The topological polar surface area (TPSA) is 136 Å². The molecule has 0 aliphatic heterocycles. The van der Waals surface area contributed by atoms with Crippen LogP contribution < -0.4 is 4.74 Å². The van der Waals surface area contributed by atoms with Crippen molar-refractivity contribution in [1.29, 1.82) is 0 Å². The van der Waals surface area contributed by atoms with E-state index in [9.17, 15) is 24.5 Å². The Hall–Kier alpha value is -4.73. The first kappa shape index (κ1) is 29.8. The van der Waals surface area contributed by atoms with Gasteiger partial charge < -0.3 is 19.5 Å². The van der Waals surface area contributed by atoms with E-state index in [-0.39, 0.29) is 24.1 Å². The number of hydrogen-bond donors (Lipinski definition) is 1. The first-order valence-corrected chi connectivity index (χ1v) is 12.9. The lowest BCUT2D eigenvalue weighted by Crippen LogP contribution is -2.36. The maximum atomic E-state index is 13.4. The summed E-state index contributed by atoms with van der Waals surface area (Å²) in [7, 11) is 0. The third-order valence-corrected chi connectivity index (χ3v) is 6.15. The zero-order chi connectivity index (χ0) is 29.1. The number of non-ortho nitro benzene ring substituents is 1. The van der Waals surface area contributed by atoms with Crippen LogP contribution in [0.3, 0.4) is 0 Å². The summed E-state index contributed by atoms with van der Waals surface area (Å²) < 4.78 is 9.89. The highest BCUT2D eigenvalue weighted by Crippen LogP contribution is 2.25. The van der Waals surface area contributed by atoms with Crippen LogP contribution in [0.4, 0.5) is 10.5 Å². The lowest BCUT2D eigenvalue weighted by Gasteiger charge is -2.27. The molecule has 3 aromatic rings. The van der Waals surface area contributed by atoms with E-state index in [1.807, 2.05) is 38.1 Å². The largest absolute Gasteiger partial charge is 0.513 e. The maximum absolute atomic E-state index is 13.4. The number of nitro groups is 1. The minimum atomic E-state index is -1.60. The van der Waals surface area contributed by atoms with Crippen molar-refractivity contribution in [1.82, 2.24) is 4.90 Å². The number of rotatable bonds is 13. The fourth-order valence-electron chi connectivity index (χ4n) is 4.08. The van der Waals surface area contributed by atoms with Gasteiger partial charge in [0.15, 0.2) is 0 Å². The molecule has 0 aromatic heterocycles. The van der Waals surface area contributed by atoms with Gasteiger partial charge in [0.25, 0.3) is 11.6 Å². The summed E-state index contributed by atoms with van der Waals surface area (Å²) in [6.07, 6.45) is 0.324. The van der Waals surface area contributed by atoms with E-state index >= 15 is 0 Å². The van der Waals surface area contributed by atoms with Gasteiger partial charge in [0, 0.05) is 36.7 Å². The van der Waals surface area contributed by atoms with Gasteiger partial charge in [-0.25, -0.2) is 4.79 Å². The Bertz CT molecular complexity index is 1340. The molecule has 0 fully saturated rings. The van der Waals surface area contributed by atoms with E-state index in [0.717, 1.165) is 11.1 Å². The highest BCUT2D eigenvalue weighted by Gasteiger charge is 2.20. The van der Waals surface area contributed by atoms with Crippen LogP contribution in [0, 0.1) is 10.1 Å². The summed E-state index contributed by atoms with van der Waals surface area (Å²) in [6, 6.07) is 20.8. The highest BCUT2D eigenvalue weighted by molar-refractivity contribution is 5.95. The zero-order valence-electron chi connectivity index (χ0n) is 22.4. The second-order valence-electron chi connectivity index (χ2n) is 9.46. The number of carboxylic acid groups (broad SMARTS) is 1. The number of unbranched alkanes of at least 4 members (excludes halogenated alkanes) is 2. The molecule has 0 bridgehead atoms. The van der Waals surface area contributed by atoms with Crippen molar-refractivity contribution in [2.45, 2.75) is 52.1 Å². The number of ether oxygens (including phenoxy) is 2. The molecule has 0 saturated carbocycles.